The van der Waals surface area contributed by atoms with Crippen LogP contribution in [0.3, 0.4) is 0 Å². The number of aromatic nitrogens is 1. The first-order valence-corrected chi connectivity index (χ1v) is 7.16. The van der Waals surface area contributed by atoms with Crippen LogP contribution in [0.15, 0.2) is 0 Å². The van der Waals surface area contributed by atoms with Gasteiger partial charge in [-0.2, -0.15) is 0 Å². The van der Waals surface area contributed by atoms with Crippen molar-refractivity contribution in [2.45, 2.75) is 66.0 Å². The van der Waals surface area contributed by atoms with Gasteiger partial charge in [-0.3, -0.25) is 0 Å². The van der Waals surface area contributed by atoms with Crippen LogP contribution >= 0.6 is 11.3 Å². The topological polar surface area (TPSA) is 24.9 Å². The van der Waals surface area contributed by atoms with Crippen LogP contribution in [-0.2, 0) is 6.42 Å². The van der Waals surface area contributed by atoms with Crippen molar-refractivity contribution in [3.63, 3.8) is 0 Å². The SMILES string of the molecule is CCc1nc(C)c(C(C)NC(CC)CC)s1. The van der Waals surface area contributed by atoms with Gasteiger partial charge in [0.05, 0.1) is 10.7 Å². The van der Waals surface area contributed by atoms with Crippen molar-refractivity contribution >= 4 is 11.3 Å². The molecule has 2 nitrogen and oxygen atoms in total. The summed E-state index contributed by atoms with van der Waals surface area (Å²) in [7, 11) is 0. The van der Waals surface area contributed by atoms with Crippen LogP contribution in [0.4, 0.5) is 0 Å². The van der Waals surface area contributed by atoms with Gasteiger partial charge in [0.1, 0.15) is 0 Å². The Morgan fingerprint density at radius 3 is 2.31 bits per heavy atom. The Bertz CT molecular complexity index is 316. The van der Waals surface area contributed by atoms with Crippen molar-refractivity contribution in [1.82, 2.24) is 10.3 Å². The summed E-state index contributed by atoms with van der Waals surface area (Å²) in [4.78, 5) is 5.99. The summed E-state index contributed by atoms with van der Waals surface area (Å²) in [5.41, 5.74) is 1.20. The summed E-state index contributed by atoms with van der Waals surface area (Å²) >= 11 is 1.86. The van der Waals surface area contributed by atoms with Gasteiger partial charge in [-0.25, -0.2) is 4.98 Å². The van der Waals surface area contributed by atoms with Gasteiger partial charge in [-0.15, -0.1) is 11.3 Å². The predicted octanol–water partition coefficient (Wildman–Crippen LogP) is 3.85. The molecule has 1 aromatic heterocycles. The molecular formula is C13H24N2S. The minimum atomic E-state index is 0.433. The van der Waals surface area contributed by atoms with Crippen LogP contribution in [0.2, 0.25) is 0 Å². The normalized spacial score (nSPS) is 13.4. The molecule has 0 aromatic carbocycles. The average molecular weight is 240 g/mol. The highest BCUT2D eigenvalue weighted by atomic mass is 32.1. The largest absolute Gasteiger partial charge is 0.307 e. The number of hydrogen-bond acceptors (Lipinski definition) is 3. The van der Waals surface area contributed by atoms with E-state index in [1.54, 1.807) is 0 Å². The first kappa shape index (κ1) is 13.7. The van der Waals surface area contributed by atoms with E-state index in [0.717, 1.165) is 6.42 Å². The minimum absolute atomic E-state index is 0.433. The molecule has 1 atom stereocenters. The highest BCUT2D eigenvalue weighted by Crippen LogP contribution is 2.26. The molecule has 1 unspecified atom stereocenters. The molecule has 1 N–H and O–H groups in total. The van der Waals surface area contributed by atoms with Crippen molar-refractivity contribution in [2.24, 2.45) is 0 Å². The summed E-state index contributed by atoms with van der Waals surface area (Å²) in [6.07, 6.45) is 3.43. The van der Waals surface area contributed by atoms with E-state index in [1.165, 1.54) is 28.4 Å². The number of rotatable bonds is 6. The van der Waals surface area contributed by atoms with E-state index in [-0.39, 0.29) is 0 Å². The van der Waals surface area contributed by atoms with Crippen LogP contribution in [0.1, 0.15) is 62.2 Å². The zero-order valence-corrected chi connectivity index (χ0v) is 11.9. The fraction of sp³-hybridized carbons (Fsp3) is 0.769. The van der Waals surface area contributed by atoms with E-state index in [2.05, 4.69) is 44.9 Å². The maximum Gasteiger partial charge on any atom is 0.0928 e. The molecule has 0 radical (unpaired) electrons. The van der Waals surface area contributed by atoms with Crippen molar-refractivity contribution in [3.05, 3.63) is 15.6 Å². The smallest absolute Gasteiger partial charge is 0.0928 e. The molecule has 1 heterocycles. The van der Waals surface area contributed by atoms with Crippen molar-refractivity contribution in [1.29, 1.82) is 0 Å². The number of aryl methyl sites for hydroxylation is 2. The van der Waals surface area contributed by atoms with Crippen LogP contribution in [0, 0.1) is 6.92 Å². The molecule has 0 saturated heterocycles. The zero-order chi connectivity index (χ0) is 12.1. The number of thiazole rings is 1. The van der Waals surface area contributed by atoms with E-state index in [0.29, 0.717) is 12.1 Å². The molecule has 0 aliphatic rings. The van der Waals surface area contributed by atoms with Gasteiger partial charge >= 0.3 is 0 Å². The van der Waals surface area contributed by atoms with E-state index in [4.69, 9.17) is 0 Å². The summed E-state index contributed by atoms with van der Waals surface area (Å²) in [5.74, 6) is 0. The molecule has 0 fully saturated rings. The monoisotopic (exact) mass is 240 g/mol. The lowest BCUT2D eigenvalue weighted by Crippen LogP contribution is -2.30. The molecule has 92 valence electrons. The third-order valence-corrected chi connectivity index (χ3v) is 4.53. The maximum absolute atomic E-state index is 4.59. The third kappa shape index (κ3) is 3.29. The lowest BCUT2D eigenvalue weighted by molar-refractivity contribution is 0.435. The standard InChI is InChI=1S/C13H24N2S/c1-6-11(7-2)14-9(4)13-10(5)15-12(8-3)16-13/h9,11,14H,6-8H2,1-5H3. The Balaban J connectivity index is 2.71. The van der Waals surface area contributed by atoms with E-state index in [9.17, 15) is 0 Å². The van der Waals surface area contributed by atoms with Crippen LogP contribution < -0.4 is 5.32 Å². The second-order valence-corrected chi connectivity index (χ2v) is 5.43. The van der Waals surface area contributed by atoms with Gasteiger partial charge in [-0.1, -0.05) is 20.8 Å². The number of nitrogens with one attached hydrogen (secondary N) is 1. The van der Waals surface area contributed by atoms with Gasteiger partial charge in [-0.05, 0) is 33.1 Å². The van der Waals surface area contributed by atoms with Crippen molar-refractivity contribution in [3.8, 4) is 0 Å². The molecule has 0 bridgehead atoms. The fourth-order valence-electron chi connectivity index (χ4n) is 1.97. The second-order valence-electron chi connectivity index (χ2n) is 4.31. The molecule has 0 aliphatic carbocycles. The molecule has 16 heavy (non-hydrogen) atoms. The average Bonchev–Trinajstić information content (AvgIpc) is 2.67. The Hall–Kier alpha value is -0.410. The zero-order valence-electron chi connectivity index (χ0n) is 11.1. The van der Waals surface area contributed by atoms with E-state index in [1.807, 2.05) is 11.3 Å². The predicted molar refractivity (Wildman–Crippen MR) is 72.1 cm³/mol. The van der Waals surface area contributed by atoms with Crippen LogP contribution in [0.5, 0.6) is 0 Å². The summed E-state index contributed by atoms with van der Waals surface area (Å²) in [6, 6.07) is 1.06. The first-order valence-electron chi connectivity index (χ1n) is 6.34. The Morgan fingerprint density at radius 1 is 1.25 bits per heavy atom. The van der Waals surface area contributed by atoms with Gasteiger partial charge < -0.3 is 5.32 Å². The highest BCUT2D eigenvalue weighted by Gasteiger charge is 2.15. The second kappa shape index (κ2) is 6.36. The van der Waals surface area contributed by atoms with Gasteiger partial charge in [0, 0.05) is 17.0 Å². The lowest BCUT2D eigenvalue weighted by atomic mass is 10.1. The Kier molecular flexibility index (Phi) is 5.42. The number of nitrogens with zero attached hydrogens (tertiary/aromatic N) is 1. The summed E-state index contributed by atoms with van der Waals surface area (Å²) in [5, 5.41) is 4.94. The molecular weight excluding hydrogens is 216 g/mol. The summed E-state index contributed by atoms with van der Waals surface area (Å²) in [6.45, 7) is 11.0. The van der Waals surface area contributed by atoms with Gasteiger partial charge in [0.2, 0.25) is 0 Å². The molecule has 0 aliphatic heterocycles. The van der Waals surface area contributed by atoms with E-state index < -0.39 is 0 Å². The van der Waals surface area contributed by atoms with Gasteiger partial charge in [0.15, 0.2) is 0 Å². The quantitative estimate of drug-likeness (QED) is 0.817. The molecule has 1 aromatic rings. The molecule has 3 heteroatoms. The minimum Gasteiger partial charge on any atom is -0.307 e. The Morgan fingerprint density at radius 2 is 1.88 bits per heavy atom. The highest BCUT2D eigenvalue weighted by molar-refractivity contribution is 7.11. The van der Waals surface area contributed by atoms with Crippen LogP contribution in [0.25, 0.3) is 0 Å². The number of hydrogen-bond donors (Lipinski definition) is 1. The Labute approximate surface area is 103 Å². The first-order chi connectivity index (χ1) is 7.62. The van der Waals surface area contributed by atoms with Crippen molar-refractivity contribution < 1.29 is 0 Å². The molecule has 0 amide bonds. The fourth-order valence-corrected chi connectivity index (χ4v) is 2.99. The molecule has 0 saturated carbocycles. The van der Waals surface area contributed by atoms with Crippen molar-refractivity contribution in [2.75, 3.05) is 0 Å². The summed E-state index contributed by atoms with van der Waals surface area (Å²) < 4.78 is 0. The molecule has 1 rings (SSSR count). The van der Waals surface area contributed by atoms with Crippen LogP contribution in [-0.4, -0.2) is 11.0 Å². The van der Waals surface area contributed by atoms with Gasteiger partial charge in [0.25, 0.3) is 0 Å². The lowest BCUT2D eigenvalue weighted by Gasteiger charge is -2.20. The molecule has 0 spiro atoms. The van der Waals surface area contributed by atoms with E-state index >= 15 is 0 Å². The third-order valence-electron chi connectivity index (χ3n) is 3.04. The maximum atomic E-state index is 4.59.